The smallest absolute Gasteiger partial charge is 0.242 e. The van der Waals surface area contributed by atoms with E-state index in [9.17, 15) is 13.2 Å². The monoisotopic (exact) mass is 385 g/mol. The molecule has 1 aromatic carbocycles. The molecule has 1 amide bonds. The summed E-state index contributed by atoms with van der Waals surface area (Å²) in [5.41, 5.74) is 2.16. The fraction of sp³-hybridized carbons (Fsp3) is 0.278. The van der Waals surface area contributed by atoms with Crippen molar-refractivity contribution in [2.75, 3.05) is 32.5 Å². The number of benzene rings is 1. The number of carbonyl (C=O) groups is 1. The molecule has 1 atom stereocenters. The molecule has 9 heteroatoms. The number of carbonyl (C=O) groups excluding carboxylic acids is 1. The van der Waals surface area contributed by atoms with Crippen LogP contribution in [0, 0.1) is 11.3 Å². The Morgan fingerprint density at radius 2 is 2.07 bits per heavy atom. The summed E-state index contributed by atoms with van der Waals surface area (Å²) in [5, 5.41) is 11.8. The Morgan fingerprint density at radius 3 is 2.70 bits per heavy atom. The summed E-state index contributed by atoms with van der Waals surface area (Å²) >= 11 is 0. The highest BCUT2D eigenvalue weighted by Crippen LogP contribution is 2.36. The molecular formula is C18H19N5O3S. The topological polar surface area (TPSA) is 115 Å². The number of rotatable bonds is 6. The lowest BCUT2D eigenvalue weighted by Gasteiger charge is -2.12. The molecule has 1 aliphatic heterocycles. The van der Waals surface area contributed by atoms with Crippen LogP contribution in [0.4, 0.5) is 5.69 Å². The summed E-state index contributed by atoms with van der Waals surface area (Å²) in [6, 6.07) is 9.96. The van der Waals surface area contributed by atoms with Crippen molar-refractivity contribution in [3.63, 3.8) is 0 Å². The van der Waals surface area contributed by atoms with Crippen molar-refractivity contribution in [2.45, 2.75) is 10.8 Å². The Kier molecular flexibility index (Phi) is 5.23. The summed E-state index contributed by atoms with van der Waals surface area (Å²) in [5.74, 6) is -0.931. The highest BCUT2D eigenvalue weighted by Gasteiger charge is 2.33. The number of sulfonamides is 1. The minimum atomic E-state index is -3.66. The molecule has 0 spiro atoms. The van der Waals surface area contributed by atoms with Crippen LogP contribution in [0.2, 0.25) is 0 Å². The molecule has 0 saturated heterocycles. The Labute approximate surface area is 157 Å². The standard InChI is InChI=1S/C18H19N5O3S/c1-23(2)8-7-21-27(25,26)13-4-6-16(20-11-13)17-14-9-12(10-19)3-5-15(14)22-18(17)24/h3-6,9,11,17,21H,7-8H2,1-2H3,(H,22,24). The van der Waals surface area contributed by atoms with Crippen molar-refractivity contribution in [1.29, 1.82) is 5.26 Å². The number of hydrogen-bond donors (Lipinski definition) is 2. The van der Waals surface area contributed by atoms with Gasteiger partial charge >= 0.3 is 0 Å². The van der Waals surface area contributed by atoms with Crippen LogP contribution in [-0.4, -0.2) is 51.4 Å². The molecule has 140 valence electrons. The first-order valence-electron chi connectivity index (χ1n) is 8.27. The van der Waals surface area contributed by atoms with E-state index >= 15 is 0 Å². The Morgan fingerprint density at radius 1 is 1.30 bits per heavy atom. The lowest BCUT2D eigenvalue weighted by atomic mass is 9.95. The second-order valence-corrected chi connectivity index (χ2v) is 8.22. The van der Waals surface area contributed by atoms with E-state index in [1.807, 2.05) is 25.1 Å². The van der Waals surface area contributed by atoms with Crippen molar-refractivity contribution in [1.82, 2.24) is 14.6 Å². The van der Waals surface area contributed by atoms with Crippen molar-refractivity contribution in [2.24, 2.45) is 0 Å². The summed E-state index contributed by atoms with van der Waals surface area (Å²) in [6.07, 6.45) is 1.24. The maximum absolute atomic E-state index is 12.3. The highest BCUT2D eigenvalue weighted by atomic mass is 32.2. The summed E-state index contributed by atoms with van der Waals surface area (Å²) in [4.78, 5) is 18.5. The maximum Gasteiger partial charge on any atom is 0.242 e. The van der Waals surface area contributed by atoms with Crippen LogP contribution < -0.4 is 10.0 Å². The third-order valence-electron chi connectivity index (χ3n) is 4.23. The van der Waals surface area contributed by atoms with Gasteiger partial charge < -0.3 is 10.2 Å². The van der Waals surface area contributed by atoms with Gasteiger partial charge in [-0.2, -0.15) is 5.26 Å². The van der Waals surface area contributed by atoms with Crippen molar-refractivity contribution >= 4 is 21.6 Å². The molecule has 0 radical (unpaired) electrons. The predicted molar refractivity (Wildman–Crippen MR) is 99.6 cm³/mol. The number of anilines is 1. The Bertz CT molecular complexity index is 1010. The molecular weight excluding hydrogens is 366 g/mol. The number of hydrogen-bond acceptors (Lipinski definition) is 6. The minimum absolute atomic E-state index is 0.0365. The van der Waals surface area contributed by atoms with Gasteiger partial charge in [-0.3, -0.25) is 9.78 Å². The molecule has 27 heavy (non-hydrogen) atoms. The third-order valence-corrected chi connectivity index (χ3v) is 5.67. The number of nitrogens with one attached hydrogen (secondary N) is 2. The van der Waals surface area contributed by atoms with Gasteiger partial charge in [0.25, 0.3) is 0 Å². The van der Waals surface area contributed by atoms with E-state index in [1.165, 1.54) is 18.3 Å². The second-order valence-electron chi connectivity index (χ2n) is 6.46. The van der Waals surface area contributed by atoms with Gasteiger partial charge in [0.05, 0.1) is 17.3 Å². The molecule has 1 aromatic heterocycles. The molecule has 8 nitrogen and oxygen atoms in total. The van der Waals surface area contributed by atoms with Crippen LogP contribution in [0.1, 0.15) is 22.7 Å². The van der Waals surface area contributed by atoms with E-state index in [0.29, 0.717) is 29.1 Å². The maximum atomic E-state index is 12.3. The van der Waals surface area contributed by atoms with Crippen LogP contribution in [0.15, 0.2) is 41.4 Å². The zero-order valence-electron chi connectivity index (χ0n) is 14.9. The van der Waals surface area contributed by atoms with Crippen LogP contribution in [0.25, 0.3) is 0 Å². The van der Waals surface area contributed by atoms with Crippen molar-refractivity contribution < 1.29 is 13.2 Å². The molecule has 2 heterocycles. The van der Waals surface area contributed by atoms with Gasteiger partial charge in [-0.05, 0) is 50.0 Å². The molecule has 3 rings (SSSR count). The fourth-order valence-corrected chi connectivity index (χ4v) is 3.80. The number of pyridine rings is 1. The molecule has 1 aliphatic rings. The average Bonchev–Trinajstić information content (AvgIpc) is 2.96. The van der Waals surface area contributed by atoms with E-state index in [1.54, 1.807) is 18.2 Å². The molecule has 2 N–H and O–H groups in total. The van der Waals surface area contributed by atoms with E-state index in [4.69, 9.17) is 5.26 Å². The van der Waals surface area contributed by atoms with Crippen LogP contribution >= 0.6 is 0 Å². The van der Waals surface area contributed by atoms with Gasteiger partial charge in [0.2, 0.25) is 15.9 Å². The highest BCUT2D eigenvalue weighted by molar-refractivity contribution is 7.89. The number of likely N-dealkylation sites (N-methyl/N-ethyl adjacent to an activating group) is 1. The fourth-order valence-electron chi connectivity index (χ4n) is 2.83. The van der Waals surface area contributed by atoms with E-state index in [0.717, 1.165) is 0 Å². The summed E-state index contributed by atoms with van der Waals surface area (Å²) < 4.78 is 27.1. The molecule has 0 aliphatic carbocycles. The number of nitrogens with zero attached hydrogens (tertiary/aromatic N) is 3. The Balaban J connectivity index is 1.85. The van der Waals surface area contributed by atoms with Gasteiger partial charge in [-0.25, -0.2) is 13.1 Å². The first-order valence-corrected chi connectivity index (χ1v) is 9.75. The molecule has 2 aromatic rings. The second kappa shape index (κ2) is 7.44. The average molecular weight is 385 g/mol. The van der Waals surface area contributed by atoms with Gasteiger partial charge in [-0.15, -0.1) is 0 Å². The Hall–Kier alpha value is -2.80. The van der Waals surface area contributed by atoms with Gasteiger partial charge in [0, 0.05) is 25.0 Å². The van der Waals surface area contributed by atoms with Crippen LogP contribution in [-0.2, 0) is 14.8 Å². The predicted octanol–water partition coefficient (Wildman–Crippen LogP) is 0.877. The summed E-state index contributed by atoms with van der Waals surface area (Å²) in [6.45, 7) is 0.859. The molecule has 0 fully saturated rings. The van der Waals surface area contributed by atoms with Crippen LogP contribution in [0.3, 0.4) is 0 Å². The quantitative estimate of drug-likeness (QED) is 0.763. The first kappa shape index (κ1) is 19.0. The normalized spacial score (nSPS) is 16.1. The molecule has 1 unspecified atom stereocenters. The summed E-state index contributed by atoms with van der Waals surface area (Å²) in [7, 11) is 0.0443. The largest absolute Gasteiger partial charge is 0.325 e. The van der Waals surface area contributed by atoms with E-state index < -0.39 is 15.9 Å². The zero-order chi connectivity index (χ0) is 19.6. The van der Waals surface area contributed by atoms with Gasteiger partial charge in [0.15, 0.2) is 0 Å². The minimum Gasteiger partial charge on any atom is -0.325 e. The van der Waals surface area contributed by atoms with Crippen molar-refractivity contribution in [3.8, 4) is 6.07 Å². The third kappa shape index (κ3) is 3.98. The first-order chi connectivity index (χ1) is 12.8. The lowest BCUT2D eigenvalue weighted by Crippen LogP contribution is -2.31. The lowest BCUT2D eigenvalue weighted by molar-refractivity contribution is -0.116. The van der Waals surface area contributed by atoms with Gasteiger partial charge in [-0.1, -0.05) is 0 Å². The van der Waals surface area contributed by atoms with E-state index in [2.05, 4.69) is 15.0 Å². The van der Waals surface area contributed by atoms with Gasteiger partial charge in [0.1, 0.15) is 10.8 Å². The SMILES string of the molecule is CN(C)CCNS(=O)(=O)c1ccc(C2C(=O)Nc3ccc(C#N)cc32)nc1. The molecule has 0 bridgehead atoms. The molecule has 0 saturated carbocycles. The number of aromatic nitrogens is 1. The van der Waals surface area contributed by atoms with Crippen LogP contribution in [0.5, 0.6) is 0 Å². The van der Waals surface area contributed by atoms with Crippen molar-refractivity contribution in [3.05, 3.63) is 53.3 Å². The number of amides is 1. The zero-order valence-corrected chi connectivity index (χ0v) is 15.7. The number of fused-ring (bicyclic) bond motifs is 1. The number of nitriles is 1. The van der Waals surface area contributed by atoms with E-state index in [-0.39, 0.29) is 17.3 Å².